The van der Waals surface area contributed by atoms with Crippen LogP contribution in [0, 0.1) is 5.39 Å². The molecule has 2 aromatic rings. The molecule has 0 spiro atoms. The Kier molecular flexibility index (Phi) is 3.17. The third kappa shape index (κ3) is 2.49. The monoisotopic (exact) mass is 227 g/mol. The van der Waals surface area contributed by atoms with Crippen LogP contribution in [0.25, 0.3) is 4.98 Å². The zero-order valence-electron chi connectivity index (χ0n) is 9.29. The number of rotatable bonds is 3. The van der Waals surface area contributed by atoms with E-state index in [1.807, 2.05) is 24.3 Å². The summed E-state index contributed by atoms with van der Waals surface area (Å²) in [4.78, 5) is 7.25. The summed E-state index contributed by atoms with van der Waals surface area (Å²) in [5.41, 5.74) is 1.20. The Morgan fingerprint density at radius 3 is 2.94 bits per heavy atom. The van der Waals surface area contributed by atoms with E-state index < -0.39 is 0 Å². The van der Waals surface area contributed by atoms with Crippen LogP contribution < -0.4 is 10.1 Å². The quantitative estimate of drug-likeness (QED) is 0.817. The Balaban J connectivity index is 2.28. The summed E-state index contributed by atoms with van der Waals surface area (Å²) in [5.74, 6) is 1.23. The lowest BCUT2D eigenvalue weighted by Gasteiger charge is -2.05. The van der Waals surface area contributed by atoms with Gasteiger partial charge in [-0.15, -0.1) is 0 Å². The maximum atomic E-state index is 8.82. The third-order valence-electron chi connectivity index (χ3n) is 2.23. The average molecular weight is 227 g/mol. The van der Waals surface area contributed by atoms with Gasteiger partial charge in [0.1, 0.15) is 5.75 Å². The Morgan fingerprint density at radius 2 is 2.18 bits per heavy atom. The number of hydrogen-bond acceptors (Lipinski definition) is 4. The fraction of sp³-hybridized carbons (Fsp3) is 0.0833. The molecule has 0 unspecified atom stereocenters. The predicted molar refractivity (Wildman–Crippen MR) is 65.3 cm³/mol. The van der Waals surface area contributed by atoms with Crippen molar-refractivity contribution in [3.8, 4) is 5.75 Å². The minimum atomic E-state index is 0.385. The lowest BCUT2D eigenvalue weighted by Crippen LogP contribution is -1.93. The number of nitrogens with one attached hydrogen (secondary N) is 1. The Labute approximate surface area is 98.7 Å². The van der Waals surface area contributed by atoms with Crippen molar-refractivity contribution in [3.05, 3.63) is 47.6 Å². The molecule has 0 fully saturated rings. The highest BCUT2D eigenvalue weighted by atomic mass is 16.5. The second-order valence-electron chi connectivity index (χ2n) is 3.33. The van der Waals surface area contributed by atoms with Gasteiger partial charge in [0, 0.05) is 24.0 Å². The molecule has 17 heavy (non-hydrogen) atoms. The van der Waals surface area contributed by atoms with Crippen molar-refractivity contribution < 1.29 is 4.74 Å². The van der Waals surface area contributed by atoms with Crippen molar-refractivity contribution >= 4 is 17.2 Å². The van der Waals surface area contributed by atoms with Gasteiger partial charge in [0.05, 0.1) is 7.11 Å². The molecule has 0 amide bonds. The van der Waals surface area contributed by atoms with Gasteiger partial charge >= 0.3 is 5.69 Å². The van der Waals surface area contributed by atoms with Gasteiger partial charge in [-0.3, -0.25) is 0 Å². The zero-order valence-corrected chi connectivity index (χ0v) is 9.29. The van der Waals surface area contributed by atoms with Gasteiger partial charge in [-0.1, -0.05) is 6.07 Å². The Hall–Kier alpha value is -2.61. The van der Waals surface area contributed by atoms with Crippen LogP contribution in [0.2, 0.25) is 0 Å². The molecule has 1 heterocycles. The third-order valence-corrected chi connectivity index (χ3v) is 2.23. The standard InChI is InChI=1S/C12H11N4O/c1-17-10-5-2-4-9(8-10)15-12-11(16-13)6-3-7-14-12/h2-8H,1H3,(H,14,15)/q+1. The maximum absolute atomic E-state index is 8.82. The largest absolute Gasteiger partial charge is 0.497 e. The molecule has 0 bridgehead atoms. The second kappa shape index (κ2) is 4.94. The van der Waals surface area contributed by atoms with E-state index in [9.17, 15) is 0 Å². The molecule has 0 aliphatic heterocycles. The summed E-state index contributed by atoms with van der Waals surface area (Å²) >= 11 is 0. The van der Waals surface area contributed by atoms with Gasteiger partial charge in [-0.2, -0.15) is 0 Å². The number of pyridine rings is 1. The molecule has 0 aliphatic rings. The molecular formula is C12H11N4O+. The van der Waals surface area contributed by atoms with E-state index in [0.29, 0.717) is 11.5 Å². The number of nitrogens with zero attached hydrogens (tertiary/aromatic N) is 3. The van der Waals surface area contributed by atoms with Crippen LogP contribution in [0.3, 0.4) is 0 Å². The molecule has 0 atom stereocenters. The summed E-state index contributed by atoms with van der Waals surface area (Å²) in [7, 11) is 1.61. The van der Waals surface area contributed by atoms with Crippen molar-refractivity contribution in [1.29, 1.82) is 5.39 Å². The van der Waals surface area contributed by atoms with Crippen LogP contribution in [-0.2, 0) is 0 Å². The first-order chi connectivity index (χ1) is 8.33. The van der Waals surface area contributed by atoms with Crippen LogP contribution in [-0.4, -0.2) is 12.1 Å². The summed E-state index contributed by atoms with van der Waals surface area (Å²) in [5, 5.41) is 11.9. The van der Waals surface area contributed by atoms with E-state index in [4.69, 9.17) is 10.1 Å². The van der Waals surface area contributed by atoms with Gasteiger partial charge in [-0.25, -0.2) is 4.98 Å². The fourth-order valence-electron chi connectivity index (χ4n) is 1.41. The molecule has 84 valence electrons. The van der Waals surface area contributed by atoms with Crippen LogP contribution in [0.5, 0.6) is 5.75 Å². The maximum Gasteiger partial charge on any atom is 0.427 e. The van der Waals surface area contributed by atoms with Gasteiger partial charge in [0.2, 0.25) is 11.2 Å². The number of hydrogen-bond donors (Lipinski definition) is 1. The number of ether oxygens (including phenoxy) is 1. The SMILES string of the molecule is COc1cccc(Nc2ncccc2[N+]#N)c1. The molecular weight excluding hydrogens is 216 g/mol. The number of diazo groups is 1. The van der Waals surface area contributed by atoms with E-state index in [1.54, 1.807) is 25.4 Å². The van der Waals surface area contributed by atoms with Crippen LogP contribution in [0.15, 0.2) is 42.6 Å². The number of methoxy groups -OCH3 is 1. The summed E-state index contributed by atoms with van der Waals surface area (Å²) in [6, 6.07) is 10.8. The van der Waals surface area contributed by atoms with E-state index in [0.717, 1.165) is 11.4 Å². The van der Waals surface area contributed by atoms with Crippen molar-refractivity contribution in [3.63, 3.8) is 0 Å². The van der Waals surface area contributed by atoms with Crippen molar-refractivity contribution in [2.45, 2.75) is 0 Å². The molecule has 1 aromatic carbocycles. The first kappa shape index (κ1) is 10.9. The minimum absolute atomic E-state index is 0.385. The highest BCUT2D eigenvalue weighted by Gasteiger charge is 2.13. The number of aromatic nitrogens is 1. The zero-order chi connectivity index (χ0) is 12.1. The molecule has 5 heteroatoms. The van der Waals surface area contributed by atoms with Crippen LogP contribution in [0.4, 0.5) is 17.2 Å². The van der Waals surface area contributed by atoms with Gasteiger partial charge in [-0.05, 0) is 18.2 Å². The highest BCUT2D eigenvalue weighted by molar-refractivity contribution is 5.71. The number of anilines is 2. The van der Waals surface area contributed by atoms with Crippen molar-refractivity contribution in [2.24, 2.45) is 0 Å². The molecule has 0 radical (unpaired) electrons. The highest BCUT2D eigenvalue weighted by Crippen LogP contribution is 2.26. The number of benzene rings is 1. The van der Waals surface area contributed by atoms with Gasteiger partial charge < -0.3 is 10.1 Å². The smallest absolute Gasteiger partial charge is 0.427 e. The van der Waals surface area contributed by atoms with Gasteiger partial charge in [0.15, 0.2) is 4.98 Å². The lowest BCUT2D eigenvalue weighted by molar-refractivity contribution is 0.415. The minimum Gasteiger partial charge on any atom is -0.497 e. The Morgan fingerprint density at radius 1 is 1.29 bits per heavy atom. The van der Waals surface area contributed by atoms with Crippen LogP contribution >= 0.6 is 0 Å². The van der Waals surface area contributed by atoms with E-state index >= 15 is 0 Å². The topological polar surface area (TPSA) is 62.3 Å². The normalized spacial score (nSPS) is 9.41. The summed E-state index contributed by atoms with van der Waals surface area (Å²) in [6.07, 6.45) is 1.62. The summed E-state index contributed by atoms with van der Waals surface area (Å²) < 4.78 is 5.12. The van der Waals surface area contributed by atoms with E-state index in [2.05, 4.69) is 15.3 Å². The first-order valence-electron chi connectivity index (χ1n) is 5.04. The molecule has 1 N–H and O–H groups in total. The fourth-order valence-corrected chi connectivity index (χ4v) is 1.41. The summed E-state index contributed by atoms with van der Waals surface area (Å²) in [6.45, 7) is 0. The van der Waals surface area contributed by atoms with Crippen LogP contribution in [0.1, 0.15) is 0 Å². The average Bonchev–Trinajstić information content (AvgIpc) is 2.39. The van der Waals surface area contributed by atoms with E-state index in [-0.39, 0.29) is 0 Å². The molecule has 0 saturated carbocycles. The van der Waals surface area contributed by atoms with Crippen molar-refractivity contribution in [2.75, 3.05) is 12.4 Å². The second-order valence-corrected chi connectivity index (χ2v) is 3.33. The van der Waals surface area contributed by atoms with Gasteiger partial charge in [0.25, 0.3) is 0 Å². The predicted octanol–water partition coefficient (Wildman–Crippen LogP) is 3.32. The molecule has 0 aliphatic carbocycles. The molecule has 2 rings (SSSR count). The van der Waals surface area contributed by atoms with E-state index in [1.165, 1.54) is 0 Å². The first-order valence-corrected chi connectivity index (χ1v) is 5.04. The molecule has 5 nitrogen and oxygen atoms in total. The molecule has 1 aromatic heterocycles. The molecule has 0 saturated heterocycles. The lowest BCUT2D eigenvalue weighted by atomic mass is 10.3. The Bertz CT molecular complexity index is 562. The van der Waals surface area contributed by atoms with Crippen molar-refractivity contribution in [1.82, 2.24) is 4.98 Å².